The van der Waals surface area contributed by atoms with Crippen LogP contribution in [0.25, 0.3) is 0 Å². The summed E-state index contributed by atoms with van der Waals surface area (Å²) in [5.74, 6) is 0.721. The third-order valence-corrected chi connectivity index (χ3v) is 3.00. The van der Waals surface area contributed by atoms with E-state index in [9.17, 15) is 0 Å². The first-order valence-corrected chi connectivity index (χ1v) is 5.81. The molecule has 3 N–H and O–H groups in total. The van der Waals surface area contributed by atoms with Crippen LogP contribution in [-0.2, 0) is 0 Å². The highest BCUT2D eigenvalue weighted by atomic mass is 32.2. The van der Waals surface area contributed by atoms with Crippen molar-refractivity contribution < 1.29 is 4.74 Å². The number of aromatic nitrogens is 2. The maximum absolute atomic E-state index is 6.00. The number of nitrogen functional groups attached to an aromatic ring is 1. The lowest BCUT2D eigenvalue weighted by Gasteiger charge is -2.09. The van der Waals surface area contributed by atoms with Crippen LogP contribution in [0.2, 0.25) is 0 Å². The van der Waals surface area contributed by atoms with Crippen molar-refractivity contribution >= 4 is 17.4 Å². The first kappa shape index (κ1) is 10.9. The van der Waals surface area contributed by atoms with Crippen LogP contribution in [0.1, 0.15) is 6.92 Å². The Hall–Kier alpha value is -1.62. The van der Waals surface area contributed by atoms with E-state index in [4.69, 9.17) is 10.5 Å². The summed E-state index contributed by atoms with van der Waals surface area (Å²) in [4.78, 5) is 8.10. The van der Waals surface area contributed by atoms with Gasteiger partial charge in [0.1, 0.15) is 5.75 Å². The third-order valence-electron chi connectivity index (χ3n) is 2.01. The molecule has 0 saturated carbocycles. The van der Waals surface area contributed by atoms with Crippen LogP contribution in [0.15, 0.2) is 40.6 Å². The monoisotopic (exact) mass is 235 g/mol. The molecule has 4 nitrogen and oxygen atoms in total. The maximum atomic E-state index is 6.00. The Morgan fingerprint density at radius 3 is 3.06 bits per heavy atom. The average Bonchev–Trinajstić information content (AvgIpc) is 2.77. The number of H-pyrrole nitrogens is 1. The zero-order valence-electron chi connectivity index (χ0n) is 8.93. The molecule has 5 heteroatoms. The highest BCUT2D eigenvalue weighted by Crippen LogP contribution is 2.35. The van der Waals surface area contributed by atoms with E-state index in [-0.39, 0.29) is 0 Å². The zero-order valence-corrected chi connectivity index (χ0v) is 9.75. The fourth-order valence-corrected chi connectivity index (χ4v) is 2.11. The number of imidazole rings is 1. The third kappa shape index (κ3) is 2.30. The van der Waals surface area contributed by atoms with Gasteiger partial charge in [-0.25, -0.2) is 4.98 Å². The van der Waals surface area contributed by atoms with E-state index in [1.165, 1.54) is 11.8 Å². The molecule has 1 aromatic carbocycles. The number of aromatic amines is 1. The summed E-state index contributed by atoms with van der Waals surface area (Å²) >= 11 is 1.49. The molecule has 0 spiro atoms. The van der Waals surface area contributed by atoms with Crippen LogP contribution in [0, 0.1) is 0 Å². The number of nitrogens with zero attached hydrogens (tertiary/aromatic N) is 1. The number of hydrogen-bond donors (Lipinski definition) is 2. The van der Waals surface area contributed by atoms with Crippen LogP contribution in [0.4, 0.5) is 5.69 Å². The second kappa shape index (κ2) is 4.94. The number of rotatable bonds is 4. The second-order valence-electron chi connectivity index (χ2n) is 3.10. The molecule has 0 aliphatic rings. The Labute approximate surface area is 98.2 Å². The van der Waals surface area contributed by atoms with Gasteiger partial charge in [-0.05, 0) is 30.8 Å². The number of nitrogens with one attached hydrogen (secondary N) is 1. The van der Waals surface area contributed by atoms with Crippen molar-refractivity contribution in [1.29, 1.82) is 0 Å². The van der Waals surface area contributed by atoms with Gasteiger partial charge in [0.25, 0.3) is 0 Å². The van der Waals surface area contributed by atoms with Crippen LogP contribution in [0.3, 0.4) is 0 Å². The maximum Gasteiger partial charge on any atom is 0.170 e. The highest BCUT2D eigenvalue weighted by molar-refractivity contribution is 7.99. The molecular formula is C11H13N3OS. The molecule has 0 atom stereocenters. The number of nitrogens with two attached hydrogens (primary N) is 1. The van der Waals surface area contributed by atoms with Crippen molar-refractivity contribution in [2.45, 2.75) is 17.0 Å². The topological polar surface area (TPSA) is 63.9 Å². The van der Waals surface area contributed by atoms with E-state index < -0.39 is 0 Å². The number of para-hydroxylation sites is 1. The Bertz CT molecular complexity index is 456. The van der Waals surface area contributed by atoms with E-state index in [1.54, 1.807) is 12.4 Å². The standard InChI is InChI=1S/C11H13N3OS/c1-2-15-8-4-3-5-9(10(8)12)16-11-13-6-7-14-11/h3-7H,2,12H2,1H3,(H,13,14). The number of hydrogen-bond acceptors (Lipinski definition) is 4. The predicted octanol–water partition coefficient (Wildman–Crippen LogP) is 2.54. The van der Waals surface area contributed by atoms with E-state index >= 15 is 0 Å². The van der Waals surface area contributed by atoms with Crippen molar-refractivity contribution in [3.63, 3.8) is 0 Å². The fourth-order valence-electron chi connectivity index (χ4n) is 1.31. The summed E-state index contributed by atoms with van der Waals surface area (Å²) in [5.41, 5.74) is 6.66. The summed E-state index contributed by atoms with van der Waals surface area (Å²) < 4.78 is 5.43. The van der Waals surface area contributed by atoms with Crippen LogP contribution in [-0.4, -0.2) is 16.6 Å². The van der Waals surface area contributed by atoms with Gasteiger partial charge in [-0.2, -0.15) is 0 Å². The molecule has 0 unspecified atom stereocenters. The smallest absolute Gasteiger partial charge is 0.170 e. The van der Waals surface area contributed by atoms with Gasteiger partial charge in [0, 0.05) is 17.3 Å². The average molecular weight is 235 g/mol. The molecule has 0 bridgehead atoms. The van der Waals surface area contributed by atoms with E-state index in [2.05, 4.69) is 9.97 Å². The summed E-state index contributed by atoms with van der Waals surface area (Å²) in [6, 6.07) is 5.74. The molecule has 0 aliphatic carbocycles. The summed E-state index contributed by atoms with van der Waals surface area (Å²) in [6.45, 7) is 2.55. The normalized spacial score (nSPS) is 10.3. The Morgan fingerprint density at radius 1 is 1.50 bits per heavy atom. The SMILES string of the molecule is CCOc1cccc(Sc2ncc[nH]2)c1N. The van der Waals surface area contributed by atoms with E-state index in [0.29, 0.717) is 12.3 Å². The predicted molar refractivity (Wildman–Crippen MR) is 64.7 cm³/mol. The summed E-state index contributed by atoms with van der Waals surface area (Å²) in [5, 5.41) is 0.820. The van der Waals surface area contributed by atoms with Crippen molar-refractivity contribution in [1.82, 2.24) is 9.97 Å². The molecule has 0 radical (unpaired) electrons. The first-order chi connectivity index (χ1) is 7.81. The molecular weight excluding hydrogens is 222 g/mol. The van der Waals surface area contributed by atoms with E-state index in [1.807, 2.05) is 25.1 Å². The Kier molecular flexibility index (Phi) is 3.36. The zero-order chi connectivity index (χ0) is 11.4. The molecule has 84 valence electrons. The fraction of sp³-hybridized carbons (Fsp3) is 0.182. The van der Waals surface area contributed by atoms with E-state index in [0.717, 1.165) is 15.8 Å². The minimum absolute atomic E-state index is 0.610. The number of ether oxygens (including phenoxy) is 1. The largest absolute Gasteiger partial charge is 0.492 e. The molecule has 16 heavy (non-hydrogen) atoms. The molecule has 1 aromatic heterocycles. The minimum atomic E-state index is 0.610. The molecule has 2 aromatic rings. The molecule has 0 amide bonds. The van der Waals surface area contributed by atoms with Gasteiger partial charge < -0.3 is 15.5 Å². The number of benzene rings is 1. The van der Waals surface area contributed by atoms with Crippen LogP contribution >= 0.6 is 11.8 Å². The Balaban J connectivity index is 2.24. The lowest BCUT2D eigenvalue weighted by molar-refractivity contribution is 0.341. The summed E-state index contributed by atoms with van der Waals surface area (Å²) in [7, 11) is 0. The molecule has 1 heterocycles. The van der Waals surface area contributed by atoms with Gasteiger partial charge in [0.15, 0.2) is 5.16 Å². The van der Waals surface area contributed by atoms with Gasteiger partial charge >= 0.3 is 0 Å². The van der Waals surface area contributed by atoms with Crippen LogP contribution < -0.4 is 10.5 Å². The Morgan fingerprint density at radius 2 is 2.38 bits per heavy atom. The second-order valence-corrected chi connectivity index (χ2v) is 4.13. The van der Waals surface area contributed by atoms with Crippen LogP contribution in [0.5, 0.6) is 5.75 Å². The van der Waals surface area contributed by atoms with Crippen molar-refractivity contribution in [3.8, 4) is 5.75 Å². The quantitative estimate of drug-likeness (QED) is 0.799. The van der Waals surface area contributed by atoms with Gasteiger partial charge in [-0.1, -0.05) is 6.07 Å². The molecule has 2 rings (SSSR count). The van der Waals surface area contributed by atoms with Crippen molar-refractivity contribution in [2.24, 2.45) is 0 Å². The minimum Gasteiger partial charge on any atom is -0.492 e. The number of anilines is 1. The lowest BCUT2D eigenvalue weighted by Crippen LogP contribution is -1.98. The lowest BCUT2D eigenvalue weighted by atomic mass is 10.3. The van der Waals surface area contributed by atoms with Gasteiger partial charge in [-0.15, -0.1) is 0 Å². The highest BCUT2D eigenvalue weighted by Gasteiger charge is 2.08. The molecule has 0 saturated heterocycles. The first-order valence-electron chi connectivity index (χ1n) is 4.99. The van der Waals surface area contributed by atoms with Gasteiger partial charge in [0.05, 0.1) is 12.3 Å². The van der Waals surface area contributed by atoms with Crippen molar-refractivity contribution in [3.05, 3.63) is 30.6 Å². The summed E-state index contributed by atoms with van der Waals surface area (Å²) in [6.07, 6.45) is 3.50. The molecule has 0 fully saturated rings. The van der Waals surface area contributed by atoms with Crippen molar-refractivity contribution in [2.75, 3.05) is 12.3 Å². The van der Waals surface area contributed by atoms with Gasteiger partial charge in [0.2, 0.25) is 0 Å². The van der Waals surface area contributed by atoms with Gasteiger partial charge in [-0.3, -0.25) is 0 Å². The molecule has 0 aliphatic heterocycles.